The Kier molecular flexibility index (Phi) is 5.62. The predicted molar refractivity (Wildman–Crippen MR) is 110 cm³/mol. The van der Waals surface area contributed by atoms with Crippen LogP contribution >= 0.6 is 0 Å². The second kappa shape index (κ2) is 8.33. The number of piperidine rings is 1. The van der Waals surface area contributed by atoms with Crippen LogP contribution in [-0.2, 0) is 22.5 Å². The highest BCUT2D eigenvalue weighted by Crippen LogP contribution is 2.37. The maximum absolute atomic E-state index is 13.7. The second-order valence-corrected chi connectivity index (χ2v) is 7.78. The number of carbonyl (C=O) groups excluding carboxylic acids is 1. The number of rotatable bonds is 6. The summed E-state index contributed by atoms with van der Waals surface area (Å²) < 4.78 is 19.1. The molecule has 5 nitrogen and oxygen atoms in total. The van der Waals surface area contributed by atoms with Crippen molar-refractivity contribution in [1.29, 1.82) is 0 Å². The van der Waals surface area contributed by atoms with Gasteiger partial charge in [-0.25, -0.2) is 9.37 Å². The van der Waals surface area contributed by atoms with E-state index in [0.29, 0.717) is 32.4 Å². The summed E-state index contributed by atoms with van der Waals surface area (Å²) in [5.74, 6) is 0.483. The Morgan fingerprint density at radius 3 is 2.72 bits per heavy atom. The fraction of sp³-hybridized carbons (Fsp3) is 0.391. The predicted octanol–water partition coefficient (Wildman–Crippen LogP) is 4.09. The monoisotopic (exact) mass is 395 g/mol. The van der Waals surface area contributed by atoms with Crippen molar-refractivity contribution < 1.29 is 13.9 Å². The number of halogens is 1. The molecule has 29 heavy (non-hydrogen) atoms. The lowest BCUT2D eigenvalue weighted by Crippen LogP contribution is -2.46. The van der Waals surface area contributed by atoms with Crippen LogP contribution in [0.2, 0.25) is 0 Å². The van der Waals surface area contributed by atoms with Crippen LogP contribution in [0, 0.1) is 11.2 Å². The Labute approximate surface area is 169 Å². The number of esters is 1. The van der Waals surface area contributed by atoms with Crippen molar-refractivity contribution in [3.63, 3.8) is 0 Å². The van der Waals surface area contributed by atoms with E-state index in [2.05, 4.69) is 14.9 Å². The highest BCUT2D eigenvalue weighted by Gasteiger charge is 2.42. The minimum absolute atomic E-state index is 0.173. The van der Waals surface area contributed by atoms with Crippen molar-refractivity contribution in [1.82, 2.24) is 14.9 Å². The smallest absolute Gasteiger partial charge is 0.312 e. The third kappa shape index (κ3) is 4.32. The van der Waals surface area contributed by atoms with E-state index < -0.39 is 5.41 Å². The van der Waals surface area contributed by atoms with Gasteiger partial charge in [-0.1, -0.05) is 24.3 Å². The zero-order valence-corrected chi connectivity index (χ0v) is 16.7. The Morgan fingerprint density at radius 1 is 1.21 bits per heavy atom. The number of nitrogens with one attached hydrogen (secondary N) is 1. The van der Waals surface area contributed by atoms with Gasteiger partial charge in [-0.2, -0.15) is 0 Å². The van der Waals surface area contributed by atoms with E-state index in [0.717, 1.165) is 35.5 Å². The summed E-state index contributed by atoms with van der Waals surface area (Å²) in [5, 5.41) is 0. The minimum atomic E-state index is -0.603. The van der Waals surface area contributed by atoms with Gasteiger partial charge >= 0.3 is 5.97 Å². The number of fused-ring (bicyclic) bond motifs is 1. The lowest BCUT2D eigenvalue weighted by Gasteiger charge is -2.39. The molecule has 0 spiro atoms. The summed E-state index contributed by atoms with van der Waals surface area (Å²) in [6.07, 6.45) is 1.87. The van der Waals surface area contributed by atoms with Crippen molar-refractivity contribution in [2.45, 2.75) is 32.7 Å². The van der Waals surface area contributed by atoms with E-state index in [-0.39, 0.29) is 11.8 Å². The zero-order chi connectivity index (χ0) is 20.3. The molecule has 0 aliphatic carbocycles. The van der Waals surface area contributed by atoms with E-state index in [4.69, 9.17) is 4.74 Å². The van der Waals surface area contributed by atoms with E-state index >= 15 is 0 Å². The fourth-order valence-electron chi connectivity index (χ4n) is 4.21. The van der Waals surface area contributed by atoms with Crippen LogP contribution in [0.15, 0.2) is 48.5 Å². The summed E-state index contributed by atoms with van der Waals surface area (Å²) >= 11 is 0. The van der Waals surface area contributed by atoms with Gasteiger partial charge in [0.2, 0.25) is 0 Å². The number of para-hydroxylation sites is 2. The minimum Gasteiger partial charge on any atom is -0.466 e. The molecule has 0 saturated carbocycles. The molecule has 1 N–H and O–H groups in total. The number of aromatic amines is 1. The van der Waals surface area contributed by atoms with Gasteiger partial charge in [0.1, 0.15) is 11.6 Å². The molecule has 152 valence electrons. The molecular formula is C23H26FN3O2. The van der Waals surface area contributed by atoms with Crippen LogP contribution in [0.5, 0.6) is 0 Å². The summed E-state index contributed by atoms with van der Waals surface area (Å²) in [7, 11) is 0. The molecule has 1 aromatic heterocycles. The largest absolute Gasteiger partial charge is 0.466 e. The average molecular weight is 395 g/mol. The number of imidazole rings is 1. The Hall–Kier alpha value is -2.73. The van der Waals surface area contributed by atoms with Crippen LogP contribution in [0.4, 0.5) is 4.39 Å². The summed E-state index contributed by atoms with van der Waals surface area (Å²) in [5.41, 5.74) is 2.23. The highest BCUT2D eigenvalue weighted by molar-refractivity contribution is 5.77. The molecular weight excluding hydrogens is 369 g/mol. The van der Waals surface area contributed by atoms with E-state index in [1.54, 1.807) is 6.07 Å². The quantitative estimate of drug-likeness (QED) is 0.639. The number of carbonyl (C=O) groups is 1. The molecule has 0 amide bonds. The highest BCUT2D eigenvalue weighted by atomic mass is 19.1. The Balaban J connectivity index is 1.47. The molecule has 0 atom stereocenters. The first-order valence-corrected chi connectivity index (χ1v) is 10.2. The number of H-pyrrole nitrogens is 1. The number of hydrogen-bond donors (Lipinski definition) is 1. The number of hydrogen-bond acceptors (Lipinski definition) is 4. The van der Waals surface area contributed by atoms with Crippen LogP contribution in [0.1, 0.15) is 31.2 Å². The molecule has 6 heteroatoms. The molecule has 1 saturated heterocycles. The van der Waals surface area contributed by atoms with E-state index in [1.165, 1.54) is 12.1 Å². The first-order chi connectivity index (χ1) is 14.1. The lowest BCUT2D eigenvalue weighted by atomic mass is 9.73. The first kappa shape index (κ1) is 19.6. The van der Waals surface area contributed by atoms with Gasteiger partial charge < -0.3 is 9.72 Å². The van der Waals surface area contributed by atoms with Gasteiger partial charge in [0.15, 0.2) is 0 Å². The van der Waals surface area contributed by atoms with Gasteiger partial charge in [0, 0.05) is 0 Å². The molecule has 0 radical (unpaired) electrons. The number of likely N-dealkylation sites (tertiary alicyclic amines) is 1. The number of nitrogens with zero attached hydrogens (tertiary/aromatic N) is 2. The lowest BCUT2D eigenvalue weighted by molar-refractivity contribution is -0.158. The number of benzene rings is 2. The van der Waals surface area contributed by atoms with Gasteiger partial charge in [-0.05, 0) is 69.1 Å². The summed E-state index contributed by atoms with van der Waals surface area (Å²) in [6, 6.07) is 14.5. The van der Waals surface area contributed by atoms with Crippen LogP contribution in [0.25, 0.3) is 11.0 Å². The summed E-state index contributed by atoms with van der Waals surface area (Å²) in [4.78, 5) is 23.2. The molecule has 0 unspecified atom stereocenters. The van der Waals surface area contributed by atoms with Gasteiger partial charge in [-0.3, -0.25) is 9.69 Å². The van der Waals surface area contributed by atoms with Gasteiger partial charge in [0.25, 0.3) is 0 Å². The Bertz CT molecular complexity index is 959. The molecule has 1 fully saturated rings. The third-order valence-corrected chi connectivity index (χ3v) is 5.76. The van der Waals surface area contributed by atoms with Crippen molar-refractivity contribution in [3.05, 3.63) is 65.7 Å². The molecule has 3 aromatic rings. The van der Waals surface area contributed by atoms with Crippen molar-refractivity contribution >= 4 is 17.0 Å². The zero-order valence-electron chi connectivity index (χ0n) is 16.7. The second-order valence-electron chi connectivity index (χ2n) is 7.78. The third-order valence-electron chi connectivity index (χ3n) is 5.76. The molecule has 1 aliphatic rings. The van der Waals surface area contributed by atoms with Crippen molar-refractivity contribution in [2.75, 3.05) is 19.7 Å². The van der Waals surface area contributed by atoms with Crippen molar-refractivity contribution in [3.8, 4) is 0 Å². The standard InChI is InChI=1S/C23H26FN3O2/c1-2-29-22(28)23(15-17-6-5-7-18(24)14-17)10-12-27(13-11-23)16-21-25-19-8-3-4-9-20(19)26-21/h3-9,14H,2,10-13,15-16H2,1H3,(H,25,26). The number of ether oxygens (including phenoxy) is 1. The molecule has 4 rings (SSSR count). The van der Waals surface area contributed by atoms with Gasteiger partial charge in [-0.15, -0.1) is 0 Å². The average Bonchev–Trinajstić information content (AvgIpc) is 3.12. The topological polar surface area (TPSA) is 58.2 Å². The van der Waals surface area contributed by atoms with E-state index in [1.807, 2.05) is 37.3 Å². The van der Waals surface area contributed by atoms with Gasteiger partial charge in [0.05, 0.1) is 29.6 Å². The summed E-state index contributed by atoms with van der Waals surface area (Å²) in [6.45, 7) is 4.43. The maximum Gasteiger partial charge on any atom is 0.312 e. The van der Waals surface area contributed by atoms with Crippen LogP contribution in [0.3, 0.4) is 0 Å². The van der Waals surface area contributed by atoms with E-state index in [9.17, 15) is 9.18 Å². The maximum atomic E-state index is 13.7. The molecule has 2 aromatic carbocycles. The van der Waals surface area contributed by atoms with Crippen molar-refractivity contribution in [2.24, 2.45) is 5.41 Å². The first-order valence-electron chi connectivity index (χ1n) is 10.2. The number of aromatic nitrogens is 2. The molecule has 2 heterocycles. The fourth-order valence-corrected chi connectivity index (χ4v) is 4.21. The van der Waals surface area contributed by atoms with Crippen LogP contribution < -0.4 is 0 Å². The molecule has 0 bridgehead atoms. The SMILES string of the molecule is CCOC(=O)C1(Cc2cccc(F)c2)CCN(Cc2nc3ccccc3[nH]2)CC1. The Morgan fingerprint density at radius 2 is 2.00 bits per heavy atom. The van der Waals surface area contributed by atoms with Crippen LogP contribution in [-0.4, -0.2) is 40.5 Å². The molecule has 1 aliphatic heterocycles. The normalized spacial score (nSPS) is 16.8.